The number of carbonyl (C=O) groups is 2. The van der Waals surface area contributed by atoms with Crippen LogP contribution in [-0.2, 0) is 9.59 Å². The van der Waals surface area contributed by atoms with Gasteiger partial charge in [-0.15, -0.1) is 0 Å². The fraction of sp³-hybridized carbons (Fsp3) is 0.833. The molecule has 1 atom stereocenters. The van der Waals surface area contributed by atoms with Gasteiger partial charge in [0.1, 0.15) is 0 Å². The van der Waals surface area contributed by atoms with E-state index in [1.807, 2.05) is 0 Å². The Hall–Kier alpha value is -1.10. The van der Waals surface area contributed by atoms with E-state index in [0.29, 0.717) is 6.54 Å². The summed E-state index contributed by atoms with van der Waals surface area (Å²) in [4.78, 5) is 25.1. The summed E-state index contributed by atoms with van der Waals surface area (Å²) in [7, 11) is 0. The van der Waals surface area contributed by atoms with Crippen LogP contribution in [0.15, 0.2) is 0 Å². The van der Waals surface area contributed by atoms with Gasteiger partial charge in [-0.25, -0.2) is 0 Å². The SMILES string of the molecule is CC(C)(C)C(=O)NCC(=O)N1CCC[C@H]1CO. The van der Waals surface area contributed by atoms with Crippen molar-refractivity contribution < 1.29 is 14.7 Å². The van der Waals surface area contributed by atoms with Gasteiger partial charge < -0.3 is 15.3 Å². The zero-order valence-corrected chi connectivity index (χ0v) is 10.8. The number of carbonyl (C=O) groups excluding carboxylic acids is 2. The molecule has 2 N–H and O–H groups in total. The van der Waals surface area contributed by atoms with Gasteiger partial charge >= 0.3 is 0 Å². The van der Waals surface area contributed by atoms with Crippen LogP contribution in [0.5, 0.6) is 0 Å². The lowest BCUT2D eigenvalue weighted by Crippen LogP contribution is -2.45. The zero-order valence-electron chi connectivity index (χ0n) is 10.8. The van der Waals surface area contributed by atoms with E-state index in [0.717, 1.165) is 12.8 Å². The van der Waals surface area contributed by atoms with Crippen molar-refractivity contribution >= 4 is 11.8 Å². The van der Waals surface area contributed by atoms with Gasteiger partial charge in [0.2, 0.25) is 11.8 Å². The number of amides is 2. The van der Waals surface area contributed by atoms with Crippen LogP contribution in [0.2, 0.25) is 0 Å². The maximum absolute atomic E-state index is 11.8. The Morgan fingerprint density at radius 3 is 2.59 bits per heavy atom. The van der Waals surface area contributed by atoms with Crippen molar-refractivity contribution in [2.45, 2.75) is 39.7 Å². The molecule has 1 heterocycles. The van der Waals surface area contributed by atoms with Crippen molar-refractivity contribution in [1.82, 2.24) is 10.2 Å². The highest BCUT2D eigenvalue weighted by molar-refractivity contribution is 5.87. The maximum atomic E-state index is 11.8. The molecule has 0 aliphatic carbocycles. The number of rotatable bonds is 3. The Bertz CT molecular complexity index is 297. The molecule has 0 saturated carbocycles. The summed E-state index contributed by atoms with van der Waals surface area (Å²) in [6, 6.07) is -0.0750. The van der Waals surface area contributed by atoms with Gasteiger partial charge in [-0.05, 0) is 12.8 Å². The predicted octanol–water partition coefficient (Wildman–Crippen LogP) is 0.132. The quantitative estimate of drug-likeness (QED) is 0.739. The molecule has 0 bridgehead atoms. The van der Waals surface area contributed by atoms with E-state index in [9.17, 15) is 9.59 Å². The maximum Gasteiger partial charge on any atom is 0.242 e. The molecule has 17 heavy (non-hydrogen) atoms. The fourth-order valence-corrected chi connectivity index (χ4v) is 1.88. The van der Waals surface area contributed by atoms with E-state index in [-0.39, 0.29) is 31.0 Å². The van der Waals surface area contributed by atoms with Crippen molar-refractivity contribution in [3.63, 3.8) is 0 Å². The molecule has 0 aromatic carbocycles. The summed E-state index contributed by atoms with van der Waals surface area (Å²) in [5.74, 6) is -0.246. The first-order valence-electron chi connectivity index (χ1n) is 6.05. The molecule has 98 valence electrons. The Morgan fingerprint density at radius 2 is 2.06 bits per heavy atom. The van der Waals surface area contributed by atoms with Crippen LogP contribution in [0.25, 0.3) is 0 Å². The molecule has 0 aromatic rings. The molecular weight excluding hydrogens is 220 g/mol. The largest absolute Gasteiger partial charge is 0.394 e. The summed E-state index contributed by atoms with van der Waals surface area (Å²) in [6.45, 7) is 6.11. The van der Waals surface area contributed by atoms with E-state index in [2.05, 4.69) is 5.32 Å². The van der Waals surface area contributed by atoms with Crippen molar-refractivity contribution in [3.05, 3.63) is 0 Å². The summed E-state index contributed by atoms with van der Waals surface area (Å²) >= 11 is 0. The van der Waals surface area contributed by atoms with Crippen molar-refractivity contribution in [3.8, 4) is 0 Å². The highest BCUT2D eigenvalue weighted by Crippen LogP contribution is 2.16. The first kappa shape index (κ1) is 14.0. The molecule has 1 aliphatic heterocycles. The smallest absolute Gasteiger partial charge is 0.242 e. The average Bonchev–Trinajstić information content (AvgIpc) is 2.71. The van der Waals surface area contributed by atoms with Gasteiger partial charge in [0, 0.05) is 12.0 Å². The second-order valence-corrected chi connectivity index (χ2v) is 5.50. The Labute approximate surface area is 102 Å². The van der Waals surface area contributed by atoms with Crippen molar-refractivity contribution in [1.29, 1.82) is 0 Å². The molecule has 0 radical (unpaired) electrons. The minimum Gasteiger partial charge on any atom is -0.394 e. The van der Waals surface area contributed by atoms with Crippen LogP contribution >= 0.6 is 0 Å². The molecule has 1 aliphatic rings. The number of aliphatic hydroxyl groups excluding tert-OH is 1. The lowest BCUT2D eigenvalue weighted by molar-refractivity contribution is -0.136. The predicted molar refractivity (Wildman–Crippen MR) is 64.3 cm³/mol. The number of nitrogens with one attached hydrogen (secondary N) is 1. The molecule has 5 nitrogen and oxygen atoms in total. The molecule has 0 aromatic heterocycles. The standard InChI is InChI=1S/C12H22N2O3/c1-12(2,3)11(17)13-7-10(16)14-6-4-5-9(14)8-15/h9,15H,4-8H2,1-3H3,(H,13,17)/t9-/m0/s1. The second-order valence-electron chi connectivity index (χ2n) is 5.50. The first-order valence-corrected chi connectivity index (χ1v) is 6.05. The van der Waals surface area contributed by atoms with Crippen LogP contribution in [-0.4, -0.2) is 47.6 Å². The Kier molecular flexibility index (Phi) is 4.51. The minimum atomic E-state index is -0.484. The molecule has 2 amide bonds. The van der Waals surface area contributed by atoms with Gasteiger partial charge in [0.05, 0.1) is 19.2 Å². The van der Waals surface area contributed by atoms with E-state index >= 15 is 0 Å². The highest BCUT2D eigenvalue weighted by atomic mass is 16.3. The third-order valence-electron chi connectivity index (χ3n) is 2.99. The van der Waals surface area contributed by atoms with Crippen molar-refractivity contribution in [2.24, 2.45) is 5.41 Å². The third-order valence-corrected chi connectivity index (χ3v) is 2.99. The van der Waals surface area contributed by atoms with Crippen LogP contribution in [0.1, 0.15) is 33.6 Å². The minimum absolute atomic E-state index is 0.00103. The number of aliphatic hydroxyl groups is 1. The highest BCUT2D eigenvalue weighted by Gasteiger charge is 2.29. The van der Waals surface area contributed by atoms with Gasteiger partial charge in [-0.1, -0.05) is 20.8 Å². The summed E-state index contributed by atoms with van der Waals surface area (Å²) in [5.41, 5.74) is -0.484. The first-order chi connectivity index (χ1) is 7.86. The number of likely N-dealkylation sites (tertiary alicyclic amines) is 1. The van der Waals surface area contributed by atoms with Gasteiger partial charge in [0.25, 0.3) is 0 Å². The van der Waals surface area contributed by atoms with E-state index in [1.54, 1.807) is 25.7 Å². The lowest BCUT2D eigenvalue weighted by atomic mass is 9.96. The Morgan fingerprint density at radius 1 is 1.41 bits per heavy atom. The van der Waals surface area contributed by atoms with Crippen molar-refractivity contribution in [2.75, 3.05) is 19.7 Å². The Balaban J connectivity index is 2.42. The topological polar surface area (TPSA) is 69.6 Å². The molecule has 0 unspecified atom stereocenters. The summed E-state index contributed by atoms with van der Waals surface area (Å²) in [6.07, 6.45) is 1.76. The van der Waals surface area contributed by atoms with E-state index in [1.165, 1.54) is 0 Å². The molecule has 1 fully saturated rings. The van der Waals surface area contributed by atoms with Crippen LogP contribution in [0.3, 0.4) is 0 Å². The second kappa shape index (κ2) is 5.49. The number of nitrogens with zero attached hydrogens (tertiary/aromatic N) is 1. The third kappa shape index (κ3) is 3.70. The van der Waals surface area contributed by atoms with Gasteiger partial charge in [-0.3, -0.25) is 9.59 Å². The molecule has 5 heteroatoms. The average molecular weight is 242 g/mol. The van der Waals surface area contributed by atoms with Gasteiger partial charge in [-0.2, -0.15) is 0 Å². The van der Waals surface area contributed by atoms with E-state index < -0.39 is 5.41 Å². The van der Waals surface area contributed by atoms with Crippen LogP contribution < -0.4 is 5.32 Å². The van der Waals surface area contributed by atoms with Gasteiger partial charge in [0.15, 0.2) is 0 Å². The molecule has 0 spiro atoms. The monoisotopic (exact) mass is 242 g/mol. The fourth-order valence-electron chi connectivity index (χ4n) is 1.88. The number of hydrogen-bond acceptors (Lipinski definition) is 3. The van der Waals surface area contributed by atoms with Crippen LogP contribution in [0, 0.1) is 5.41 Å². The van der Waals surface area contributed by atoms with E-state index in [4.69, 9.17) is 5.11 Å². The summed E-state index contributed by atoms with van der Waals surface area (Å²) < 4.78 is 0. The zero-order chi connectivity index (χ0) is 13.1. The number of hydrogen-bond donors (Lipinski definition) is 2. The molecule has 1 rings (SSSR count). The molecular formula is C12H22N2O3. The normalized spacial score (nSPS) is 20.5. The molecule has 1 saturated heterocycles. The summed E-state index contributed by atoms with van der Waals surface area (Å²) in [5, 5.41) is 11.7. The van der Waals surface area contributed by atoms with Crippen LogP contribution in [0.4, 0.5) is 0 Å². The lowest BCUT2D eigenvalue weighted by Gasteiger charge is -2.24.